The number of nitrogens with zero attached hydrogens (tertiary/aromatic N) is 1. The molecule has 0 saturated heterocycles. The number of nitro groups is 1. The van der Waals surface area contributed by atoms with E-state index < -0.39 is 33.2 Å². The minimum Gasteiger partial charge on any atom is -0.384 e. The maximum absolute atomic E-state index is 12.8. The molecule has 1 rings (SSSR count). The average Bonchev–Trinajstić information content (AvgIpc) is 2.27. The lowest BCUT2D eigenvalue weighted by molar-refractivity contribution is -0.385. The zero-order valence-electron chi connectivity index (χ0n) is 9.86. The molecule has 1 unspecified atom stereocenters. The molecule has 0 aliphatic rings. The highest BCUT2D eigenvalue weighted by Crippen LogP contribution is 2.36. The molecular weight excluding hydrogens is 285 g/mol. The van der Waals surface area contributed by atoms with E-state index in [1.54, 1.807) is 0 Å². The fraction of sp³-hybridized carbons (Fsp3) is 0.400. The van der Waals surface area contributed by atoms with Crippen molar-refractivity contribution in [3.8, 4) is 0 Å². The largest absolute Gasteiger partial charge is 0.418 e. The lowest BCUT2D eigenvalue weighted by Crippen LogP contribution is -2.15. The lowest BCUT2D eigenvalue weighted by atomic mass is 10.1. The summed E-state index contributed by atoms with van der Waals surface area (Å²) in [7, 11) is -1.13. The zero-order valence-corrected chi connectivity index (χ0v) is 10.7. The van der Waals surface area contributed by atoms with Gasteiger partial charge in [0.2, 0.25) is 0 Å². The first-order valence-electron chi connectivity index (χ1n) is 5.11. The number of benzene rings is 1. The highest BCUT2D eigenvalue weighted by atomic mass is 32.2. The number of halogens is 3. The molecule has 5 nitrogen and oxygen atoms in total. The fourth-order valence-corrected chi connectivity index (χ4v) is 1.75. The van der Waals surface area contributed by atoms with E-state index in [0.717, 1.165) is 12.1 Å². The van der Waals surface area contributed by atoms with Crippen LogP contribution in [0.1, 0.15) is 5.56 Å². The molecule has 19 heavy (non-hydrogen) atoms. The van der Waals surface area contributed by atoms with E-state index in [1.165, 1.54) is 6.26 Å². The minimum absolute atomic E-state index is 0.0873. The summed E-state index contributed by atoms with van der Waals surface area (Å²) in [5.74, 6) is 0.189. The Hall–Kier alpha value is -1.64. The smallest absolute Gasteiger partial charge is 0.384 e. The van der Waals surface area contributed by atoms with Crippen LogP contribution < -0.4 is 5.32 Å². The summed E-state index contributed by atoms with van der Waals surface area (Å²) < 4.78 is 49.1. The standard InChI is InChI=1S/C10H11F3N2O3S/c1-19(18)5-4-14-9-3-2-7(15(16)17)6-8(9)10(11,12)13/h2-3,6,14H,4-5H2,1H3. The van der Waals surface area contributed by atoms with Gasteiger partial charge in [0.1, 0.15) is 0 Å². The first-order valence-corrected chi connectivity index (χ1v) is 6.84. The van der Waals surface area contributed by atoms with Crippen LogP contribution >= 0.6 is 0 Å². The molecular formula is C10H11F3N2O3S. The van der Waals surface area contributed by atoms with Gasteiger partial charge in [0.15, 0.2) is 0 Å². The van der Waals surface area contributed by atoms with E-state index in [2.05, 4.69) is 5.32 Å². The van der Waals surface area contributed by atoms with Gasteiger partial charge >= 0.3 is 6.18 Å². The van der Waals surface area contributed by atoms with Gasteiger partial charge in [0, 0.05) is 47.2 Å². The van der Waals surface area contributed by atoms with Crippen LogP contribution in [0.25, 0.3) is 0 Å². The summed E-state index contributed by atoms with van der Waals surface area (Å²) in [5, 5.41) is 13.0. The maximum atomic E-state index is 12.8. The molecule has 0 saturated carbocycles. The van der Waals surface area contributed by atoms with Crippen molar-refractivity contribution in [1.29, 1.82) is 0 Å². The topological polar surface area (TPSA) is 72.2 Å². The van der Waals surface area contributed by atoms with Gasteiger partial charge in [-0.3, -0.25) is 14.3 Å². The first-order chi connectivity index (χ1) is 8.71. The number of anilines is 1. The molecule has 0 radical (unpaired) electrons. The molecule has 0 spiro atoms. The van der Waals surface area contributed by atoms with E-state index in [-0.39, 0.29) is 18.0 Å². The number of non-ortho nitro benzene ring substituents is 1. The molecule has 0 amide bonds. The van der Waals surface area contributed by atoms with Gasteiger partial charge < -0.3 is 5.32 Å². The Morgan fingerprint density at radius 3 is 2.53 bits per heavy atom. The molecule has 0 aromatic heterocycles. The lowest BCUT2D eigenvalue weighted by Gasteiger charge is -2.13. The zero-order chi connectivity index (χ0) is 14.6. The minimum atomic E-state index is -4.69. The van der Waals surface area contributed by atoms with Crippen molar-refractivity contribution in [2.75, 3.05) is 23.9 Å². The molecule has 0 heterocycles. The summed E-state index contributed by atoms with van der Waals surface area (Å²) in [4.78, 5) is 9.58. The number of hydrogen-bond acceptors (Lipinski definition) is 4. The predicted molar refractivity (Wildman–Crippen MR) is 65.5 cm³/mol. The van der Waals surface area contributed by atoms with Crippen LogP contribution in [0, 0.1) is 10.1 Å². The molecule has 1 aromatic carbocycles. The highest BCUT2D eigenvalue weighted by Gasteiger charge is 2.35. The average molecular weight is 296 g/mol. The van der Waals surface area contributed by atoms with E-state index >= 15 is 0 Å². The molecule has 106 valence electrons. The van der Waals surface area contributed by atoms with Crippen molar-refractivity contribution < 1.29 is 22.3 Å². The molecule has 0 aliphatic carbocycles. The summed E-state index contributed by atoms with van der Waals surface area (Å²) in [5.41, 5.74) is -2.00. The normalized spacial score (nSPS) is 13.1. The van der Waals surface area contributed by atoms with Crippen molar-refractivity contribution >= 4 is 22.2 Å². The molecule has 0 bridgehead atoms. The van der Waals surface area contributed by atoms with Gasteiger partial charge in [-0.1, -0.05) is 0 Å². The van der Waals surface area contributed by atoms with Crippen LogP contribution in [-0.4, -0.2) is 27.7 Å². The van der Waals surface area contributed by atoms with Gasteiger partial charge in [-0.05, 0) is 6.07 Å². The van der Waals surface area contributed by atoms with Crippen LogP contribution in [0.3, 0.4) is 0 Å². The first kappa shape index (κ1) is 15.4. The van der Waals surface area contributed by atoms with Crippen molar-refractivity contribution in [2.45, 2.75) is 6.18 Å². The SMILES string of the molecule is CS(=O)CCNc1ccc([N+](=O)[O-])cc1C(F)(F)F. The van der Waals surface area contributed by atoms with Crippen LogP contribution in [-0.2, 0) is 17.0 Å². The summed E-state index contributed by atoms with van der Waals surface area (Å²) in [6, 6.07) is 2.46. The van der Waals surface area contributed by atoms with Crippen LogP contribution in [0.5, 0.6) is 0 Å². The van der Waals surface area contributed by atoms with Gasteiger partial charge in [0.05, 0.1) is 10.5 Å². The molecule has 1 atom stereocenters. The van der Waals surface area contributed by atoms with Gasteiger partial charge in [-0.25, -0.2) is 0 Å². The summed E-state index contributed by atoms with van der Waals surface area (Å²) in [6.45, 7) is 0.0873. The molecule has 1 aromatic rings. The van der Waals surface area contributed by atoms with Crippen molar-refractivity contribution in [3.05, 3.63) is 33.9 Å². The third-order valence-electron chi connectivity index (χ3n) is 2.22. The van der Waals surface area contributed by atoms with Gasteiger partial charge in [-0.2, -0.15) is 13.2 Å². The number of alkyl halides is 3. The number of nitro benzene ring substituents is 1. The van der Waals surface area contributed by atoms with Crippen LogP contribution in [0.2, 0.25) is 0 Å². The second-order valence-electron chi connectivity index (χ2n) is 3.69. The van der Waals surface area contributed by atoms with Crippen molar-refractivity contribution in [1.82, 2.24) is 0 Å². The Morgan fingerprint density at radius 2 is 2.05 bits per heavy atom. The molecule has 0 aliphatic heterocycles. The summed E-state index contributed by atoms with van der Waals surface area (Å²) >= 11 is 0. The van der Waals surface area contributed by atoms with Gasteiger partial charge in [-0.15, -0.1) is 0 Å². The fourth-order valence-electron chi connectivity index (χ4n) is 1.36. The number of hydrogen-bond donors (Lipinski definition) is 1. The number of rotatable bonds is 5. The monoisotopic (exact) mass is 296 g/mol. The van der Waals surface area contributed by atoms with Crippen molar-refractivity contribution in [2.24, 2.45) is 0 Å². The Morgan fingerprint density at radius 1 is 1.42 bits per heavy atom. The second-order valence-corrected chi connectivity index (χ2v) is 5.24. The molecule has 1 N–H and O–H groups in total. The Kier molecular flexibility index (Phi) is 4.87. The van der Waals surface area contributed by atoms with E-state index in [0.29, 0.717) is 6.07 Å². The quantitative estimate of drug-likeness (QED) is 0.669. The third kappa shape index (κ3) is 4.51. The van der Waals surface area contributed by atoms with Crippen LogP contribution in [0.15, 0.2) is 18.2 Å². The maximum Gasteiger partial charge on any atom is 0.418 e. The predicted octanol–water partition coefficient (Wildman–Crippen LogP) is 2.40. The number of nitrogens with one attached hydrogen (secondary N) is 1. The molecule has 0 fully saturated rings. The van der Waals surface area contributed by atoms with Crippen molar-refractivity contribution in [3.63, 3.8) is 0 Å². The Bertz CT molecular complexity index is 505. The van der Waals surface area contributed by atoms with E-state index in [4.69, 9.17) is 0 Å². The Labute approximate surface area is 109 Å². The van der Waals surface area contributed by atoms with E-state index in [1.807, 2.05) is 0 Å². The third-order valence-corrected chi connectivity index (χ3v) is 3.00. The second kappa shape index (κ2) is 6.00. The van der Waals surface area contributed by atoms with Crippen LogP contribution in [0.4, 0.5) is 24.5 Å². The summed E-state index contributed by atoms with van der Waals surface area (Å²) in [6.07, 6.45) is -3.26. The highest BCUT2D eigenvalue weighted by molar-refractivity contribution is 7.84. The molecule has 9 heteroatoms. The Balaban J connectivity index is 3.03. The van der Waals surface area contributed by atoms with E-state index in [9.17, 15) is 27.5 Å². The van der Waals surface area contributed by atoms with Gasteiger partial charge in [0.25, 0.3) is 5.69 Å².